The highest BCUT2D eigenvalue weighted by Gasteiger charge is 2.32. The second-order valence-corrected chi connectivity index (χ2v) is 8.47. The predicted molar refractivity (Wildman–Crippen MR) is 125 cm³/mol. The first-order chi connectivity index (χ1) is 16.1. The monoisotopic (exact) mass is 459 g/mol. The highest BCUT2D eigenvalue weighted by Crippen LogP contribution is 2.48. The topological polar surface area (TPSA) is 82.4 Å². The minimum Gasteiger partial charge on any atom is -0.493 e. The largest absolute Gasteiger partial charge is 0.493 e. The van der Waals surface area contributed by atoms with E-state index in [1.165, 1.54) is 4.80 Å². The van der Waals surface area contributed by atoms with E-state index in [0.717, 1.165) is 21.2 Å². The van der Waals surface area contributed by atoms with Crippen LogP contribution in [0.25, 0.3) is 11.4 Å². The molecule has 8 nitrogen and oxygen atoms in total. The number of carbonyl (C=O) groups is 1. The van der Waals surface area contributed by atoms with Crippen LogP contribution < -0.4 is 14.4 Å². The van der Waals surface area contributed by atoms with Crippen LogP contribution in [-0.4, -0.2) is 40.3 Å². The van der Waals surface area contributed by atoms with Crippen LogP contribution in [0.4, 0.5) is 11.4 Å². The van der Waals surface area contributed by atoms with E-state index in [9.17, 15) is 4.79 Å². The van der Waals surface area contributed by atoms with E-state index in [2.05, 4.69) is 15.4 Å². The van der Waals surface area contributed by atoms with Crippen LogP contribution in [0.3, 0.4) is 0 Å². The molecule has 1 amide bonds. The number of carbonyl (C=O) groups excluding carboxylic acids is 1. The fraction of sp³-hybridized carbons (Fsp3) is 0.167. The highest BCUT2D eigenvalue weighted by molar-refractivity contribution is 7.99. The molecule has 0 radical (unpaired) electrons. The van der Waals surface area contributed by atoms with Crippen molar-refractivity contribution >= 4 is 29.0 Å². The highest BCUT2D eigenvalue weighted by atomic mass is 32.2. The van der Waals surface area contributed by atoms with E-state index in [1.807, 2.05) is 54.6 Å². The summed E-state index contributed by atoms with van der Waals surface area (Å²) in [6, 6.07) is 20.5. The third-order valence-corrected chi connectivity index (χ3v) is 6.56. The molecule has 0 N–H and O–H groups in total. The molecule has 3 aromatic carbocycles. The zero-order valence-electron chi connectivity index (χ0n) is 18.3. The lowest BCUT2D eigenvalue weighted by Gasteiger charge is -2.32. The Hall–Kier alpha value is -3.85. The quantitative estimate of drug-likeness (QED) is 0.426. The van der Waals surface area contributed by atoms with Gasteiger partial charge in [0.15, 0.2) is 11.5 Å². The lowest BCUT2D eigenvalue weighted by molar-refractivity contribution is -0.121. The van der Waals surface area contributed by atoms with Gasteiger partial charge in [0, 0.05) is 15.4 Å². The van der Waals surface area contributed by atoms with Gasteiger partial charge in [-0.15, -0.1) is 10.2 Å². The summed E-state index contributed by atoms with van der Waals surface area (Å²) in [5, 5.41) is 12.8. The molecule has 4 aromatic rings. The van der Waals surface area contributed by atoms with E-state index < -0.39 is 6.04 Å². The van der Waals surface area contributed by atoms with Gasteiger partial charge in [0.25, 0.3) is 5.91 Å². The van der Waals surface area contributed by atoms with Crippen molar-refractivity contribution in [3.8, 4) is 22.9 Å². The van der Waals surface area contributed by atoms with Crippen LogP contribution in [0.2, 0.25) is 0 Å². The van der Waals surface area contributed by atoms with Crippen molar-refractivity contribution in [2.75, 3.05) is 19.1 Å². The Morgan fingerprint density at radius 1 is 0.909 bits per heavy atom. The summed E-state index contributed by atoms with van der Waals surface area (Å²) < 4.78 is 10.7. The molecule has 5 rings (SSSR count). The summed E-state index contributed by atoms with van der Waals surface area (Å²) in [5.74, 6) is 1.42. The zero-order chi connectivity index (χ0) is 22.9. The van der Waals surface area contributed by atoms with Crippen molar-refractivity contribution < 1.29 is 14.3 Å². The molecule has 0 saturated carbocycles. The molecule has 0 spiro atoms. The maximum Gasteiger partial charge on any atom is 0.258 e. The van der Waals surface area contributed by atoms with Crippen LogP contribution in [0.5, 0.6) is 11.5 Å². The minimum absolute atomic E-state index is 0.147. The number of nitrogens with zero attached hydrogens (tertiary/aromatic N) is 5. The fourth-order valence-electron chi connectivity index (χ4n) is 3.71. The molecule has 0 fully saturated rings. The molecule has 9 heteroatoms. The summed E-state index contributed by atoms with van der Waals surface area (Å²) in [7, 11) is 3.15. The minimum atomic E-state index is -0.671. The van der Waals surface area contributed by atoms with E-state index in [1.54, 1.807) is 49.9 Å². The van der Waals surface area contributed by atoms with Gasteiger partial charge in [-0.1, -0.05) is 36.0 Å². The van der Waals surface area contributed by atoms with Crippen LogP contribution >= 0.6 is 11.8 Å². The van der Waals surface area contributed by atoms with E-state index in [0.29, 0.717) is 22.9 Å². The number of ether oxygens (including phenoxy) is 2. The number of anilines is 2. The van der Waals surface area contributed by atoms with Crippen molar-refractivity contribution in [1.82, 2.24) is 20.2 Å². The Morgan fingerprint density at radius 2 is 1.55 bits per heavy atom. The zero-order valence-corrected chi connectivity index (χ0v) is 19.1. The Balaban J connectivity index is 1.48. The van der Waals surface area contributed by atoms with Gasteiger partial charge in [0.1, 0.15) is 6.04 Å². The number of aromatic nitrogens is 4. The van der Waals surface area contributed by atoms with Gasteiger partial charge >= 0.3 is 0 Å². The lowest BCUT2D eigenvalue weighted by atomic mass is 10.2. The summed E-state index contributed by atoms with van der Waals surface area (Å²) >= 11 is 1.65. The molecule has 1 atom stereocenters. The molecule has 33 heavy (non-hydrogen) atoms. The van der Waals surface area contributed by atoms with E-state index in [4.69, 9.17) is 9.47 Å². The smallest absolute Gasteiger partial charge is 0.258 e. The molecular weight excluding hydrogens is 438 g/mol. The average molecular weight is 460 g/mol. The molecule has 0 aliphatic carbocycles. The molecular formula is C24H21N5O3S. The van der Waals surface area contributed by atoms with E-state index >= 15 is 0 Å². The van der Waals surface area contributed by atoms with Gasteiger partial charge in [-0.2, -0.15) is 4.80 Å². The molecule has 1 aromatic heterocycles. The lowest BCUT2D eigenvalue weighted by Crippen LogP contribution is -2.35. The summed E-state index contributed by atoms with van der Waals surface area (Å²) in [6.45, 7) is 1.77. The summed E-state index contributed by atoms with van der Waals surface area (Å²) in [5.41, 5.74) is 2.40. The molecule has 2 heterocycles. The van der Waals surface area contributed by atoms with Crippen LogP contribution in [0, 0.1) is 0 Å². The fourth-order valence-corrected chi connectivity index (χ4v) is 4.77. The second-order valence-electron chi connectivity index (χ2n) is 7.39. The number of tetrazole rings is 1. The van der Waals surface area contributed by atoms with Gasteiger partial charge in [0.2, 0.25) is 5.82 Å². The van der Waals surface area contributed by atoms with Gasteiger partial charge in [-0.05, 0) is 54.6 Å². The molecule has 1 aliphatic heterocycles. The molecule has 166 valence electrons. The molecule has 1 aliphatic rings. The number of rotatable bonds is 5. The molecule has 0 unspecified atom stereocenters. The van der Waals surface area contributed by atoms with Gasteiger partial charge in [-0.3, -0.25) is 9.69 Å². The van der Waals surface area contributed by atoms with Crippen molar-refractivity contribution in [2.45, 2.75) is 22.8 Å². The Kier molecular flexibility index (Phi) is 5.47. The average Bonchev–Trinajstić information content (AvgIpc) is 3.36. The number of fused-ring (bicyclic) bond motifs is 2. The summed E-state index contributed by atoms with van der Waals surface area (Å²) in [6.07, 6.45) is 0. The van der Waals surface area contributed by atoms with Crippen molar-refractivity contribution in [3.05, 3.63) is 66.7 Å². The van der Waals surface area contributed by atoms with Crippen LogP contribution in [0.1, 0.15) is 13.0 Å². The van der Waals surface area contributed by atoms with Crippen molar-refractivity contribution in [1.29, 1.82) is 0 Å². The van der Waals surface area contributed by atoms with Crippen LogP contribution in [-0.2, 0) is 4.79 Å². The van der Waals surface area contributed by atoms with Gasteiger partial charge < -0.3 is 9.47 Å². The number of hydrogen-bond acceptors (Lipinski definition) is 7. The third kappa shape index (κ3) is 3.70. The van der Waals surface area contributed by atoms with Crippen molar-refractivity contribution in [2.24, 2.45) is 0 Å². The Morgan fingerprint density at radius 3 is 2.18 bits per heavy atom. The van der Waals surface area contributed by atoms with Gasteiger partial charge in [-0.25, -0.2) is 0 Å². The number of para-hydroxylation sites is 2. The third-order valence-electron chi connectivity index (χ3n) is 5.43. The van der Waals surface area contributed by atoms with Crippen LogP contribution in [0.15, 0.2) is 76.5 Å². The molecule has 0 saturated heterocycles. The number of hydrogen-bond donors (Lipinski definition) is 0. The van der Waals surface area contributed by atoms with Crippen molar-refractivity contribution in [3.63, 3.8) is 0 Å². The second kappa shape index (κ2) is 8.59. The predicted octanol–water partition coefficient (Wildman–Crippen LogP) is 4.75. The standard InChI is InChI=1S/C24H21N5O3S/c1-15(29-26-23(25-27-29)16-12-13-19(31-2)20(14-16)32-3)24(30)28-17-8-4-6-10-21(17)33-22-11-7-5-9-18(22)28/h4-15H,1-3H3/t15-/m0/s1. The normalized spacial score (nSPS) is 13.1. The summed E-state index contributed by atoms with van der Waals surface area (Å²) in [4.78, 5) is 18.8. The maximum atomic E-state index is 13.7. The number of benzene rings is 3. The van der Waals surface area contributed by atoms with Gasteiger partial charge in [0.05, 0.1) is 25.6 Å². The number of amides is 1. The first kappa shape index (κ1) is 21.0. The SMILES string of the molecule is COc1ccc(-c2nnn([C@@H](C)C(=O)N3c4ccccc4Sc4ccccc43)n2)cc1OC. The number of methoxy groups -OCH3 is 2. The first-order valence-electron chi connectivity index (χ1n) is 10.3. The Labute approximate surface area is 195 Å². The maximum absolute atomic E-state index is 13.7. The molecule has 0 bridgehead atoms. The Bertz CT molecular complexity index is 1290. The first-order valence-corrected chi connectivity index (χ1v) is 11.1. The van der Waals surface area contributed by atoms with E-state index in [-0.39, 0.29) is 5.91 Å².